The molecule has 5 heteroatoms. The standard InChI is InChI=1S/C17H35N3O2/c1-5-7-8-9-16(3,4)10-19-15(18-6-2)20-11-17(12-21)13-22-14-17/h21H,5-14H2,1-4H3,(H2,18,19,20). The summed E-state index contributed by atoms with van der Waals surface area (Å²) in [4.78, 5) is 4.73. The molecule has 0 radical (unpaired) electrons. The van der Waals surface area contributed by atoms with Crippen molar-refractivity contribution in [3.8, 4) is 0 Å². The predicted molar refractivity (Wildman–Crippen MR) is 92.2 cm³/mol. The molecule has 1 rings (SSSR count). The smallest absolute Gasteiger partial charge is 0.191 e. The highest BCUT2D eigenvalue weighted by Gasteiger charge is 2.38. The lowest BCUT2D eigenvalue weighted by Gasteiger charge is -2.40. The summed E-state index contributed by atoms with van der Waals surface area (Å²) in [6.07, 6.45) is 5.03. The zero-order chi connectivity index (χ0) is 16.5. The van der Waals surface area contributed by atoms with Crippen molar-refractivity contribution in [1.82, 2.24) is 10.6 Å². The summed E-state index contributed by atoms with van der Waals surface area (Å²) in [7, 11) is 0. The van der Waals surface area contributed by atoms with Gasteiger partial charge >= 0.3 is 0 Å². The molecule has 0 saturated carbocycles. The SMILES string of the molecule is CCCCCC(C)(C)CN=C(NCC)NCC1(CO)COC1. The first-order chi connectivity index (χ1) is 10.5. The van der Waals surface area contributed by atoms with Crippen molar-refractivity contribution in [2.45, 2.75) is 53.4 Å². The van der Waals surface area contributed by atoms with Gasteiger partial charge in [0.1, 0.15) is 0 Å². The molecule has 1 heterocycles. The minimum atomic E-state index is -0.132. The number of unbranched alkanes of at least 4 members (excludes halogenated alkanes) is 2. The summed E-state index contributed by atoms with van der Waals surface area (Å²) in [5, 5.41) is 16.1. The Bertz CT molecular complexity index is 333. The van der Waals surface area contributed by atoms with E-state index in [1.807, 2.05) is 0 Å². The Hall–Kier alpha value is -0.810. The van der Waals surface area contributed by atoms with Gasteiger partial charge in [-0.3, -0.25) is 4.99 Å². The van der Waals surface area contributed by atoms with Gasteiger partial charge in [-0.25, -0.2) is 0 Å². The monoisotopic (exact) mass is 313 g/mol. The second-order valence-corrected chi connectivity index (χ2v) is 7.32. The van der Waals surface area contributed by atoms with E-state index in [2.05, 4.69) is 38.3 Å². The van der Waals surface area contributed by atoms with E-state index >= 15 is 0 Å². The maximum absolute atomic E-state index is 9.48. The van der Waals surface area contributed by atoms with Crippen LogP contribution in [0.15, 0.2) is 4.99 Å². The van der Waals surface area contributed by atoms with Gasteiger partial charge in [0.2, 0.25) is 0 Å². The van der Waals surface area contributed by atoms with Crippen LogP contribution in [-0.4, -0.2) is 50.5 Å². The van der Waals surface area contributed by atoms with Gasteiger partial charge in [0, 0.05) is 19.6 Å². The van der Waals surface area contributed by atoms with E-state index in [1.165, 1.54) is 25.7 Å². The number of hydrogen-bond donors (Lipinski definition) is 3. The Kier molecular flexibility index (Phi) is 8.18. The van der Waals surface area contributed by atoms with Crippen molar-refractivity contribution in [3.05, 3.63) is 0 Å². The number of nitrogens with zero attached hydrogens (tertiary/aromatic N) is 1. The Balaban J connectivity index is 2.46. The molecule has 0 aromatic rings. The lowest BCUT2D eigenvalue weighted by molar-refractivity contribution is -0.132. The number of rotatable bonds is 10. The first kappa shape index (κ1) is 19.2. The fraction of sp³-hybridized carbons (Fsp3) is 0.941. The quantitative estimate of drug-likeness (QED) is 0.328. The number of aliphatic hydroxyl groups excluding tert-OH is 1. The van der Waals surface area contributed by atoms with Crippen molar-refractivity contribution in [2.24, 2.45) is 15.8 Å². The van der Waals surface area contributed by atoms with E-state index in [1.54, 1.807) is 0 Å². The average molecular weight is 313 g/mol. The van der Waals surface area contributed by atoms with E-state index in [0.29, 0.717) is 19.8 Å². The number of aliphatic hydroxyl groups is 1. The highest BCUT2D eigenvalue weighted by molar-refractivity contribution is 5.79. The van der Waals surface area contributed by atoms with E-state index in [4.69, 9.17) is 9.73 Å². The van der Waals surface area contributed by atoms with Crippen LogP contribution in [0.1, 0.15) is 53.4 Å². The topological polar surface area (TPSA) is 65.9 Å². The van der Waals surface area contributed by atoms with Crippen LogP contribution in [-0.2, 0) is 4.74 Å². The van der Waals surface area contributed by atoms with Crippen molar-refractivity contribution in [2.75, 3.05) is 39.5 Å². The van der Waals surface area contributed by atoms with Crippen LogP contribution in [0.25, 0.3) is 0 Å². The molecule has 0 aromatic carbocycles. The normalized spacial score (nSPS) is 18.0. The van der Waals surface area contributed by atoms with Gasteiger partial charge in [0.05, 0.1) is 25.2 Å². The molecule has 3 N–H and O–H groups in total. The lowest BCUT2D eigenvalue weighted by atomic mass is 9.87. The summed E-state index contributed by atoms with van der Waals surface area (Å²) in [5.74, 6) is 0.839. The molecule has 0 atom stereocenters. The molecule has 1 fully saturated rings. The fourth-order valence-corrected chi connectivity index (χ4v) is 2.48. The van der Waals surface area contributed by atoms with Gasteiger partial charge in [0.25, 0.3) is 0 Å². The van der Waals surface area contributed by atoms with Crippen molar-refractivity contribution < 1.29 is 9.84 Å². The first-order valence-electron chi connectivity index (χ1n) is 8.68. The summed E-state index contributed by atoms with van der Waals surface area (Å²) in [6.45, 7) is 12.6. The molecule has 5 nitrogen and oxygen atoms in total. The Morgan fingerprint density at radius 1 is 1.23 bits per heavy atom. The maximum Gasteiger partial charge on any atom is 0.191 e. The van der Waals surface area contributed by atoms with Crippen LogP contribution in [0, 0.1) is 10.8 Å². The Morgan fingerprint density at radius 3 is 2.45 bits per heavy atom. The molecule has 0 amide bonds. The van der Waals surface area contributed by atoms with Gasteiger partial charge in [-0.2, -0.15) is 0 Å². The molecule has 130 valence electrons. The van der Waals surface area contributed by atoms with Crippen molar-refractivity contribution in [1.29, 1.82) is 0 Å². The maximum atomic E-state index is 9.48. The number of nitrogens with one attached hydrogen (secondary N) is 2. The molecule has 0 aromatic heterocycles. The molecule has 0 bridgehead atoms. The minimum Gasteiger partial charge on any atom is -0.396 e. The number of hydrogen-bond acceptors (Lipinski definition) is 3. The fourth-order valence-electron chi connectivity index (χ4n) is 2.48. The van der Waals surface area contributed by atoms with E-state index in [0.717, 1.165) is 19.0 Å². The molecular formula is C17H35N3O2. The van der Waals surface area contributed by atoms with Gasteiger partial charge in [-0.1, -0.05) is 40.0 Å². The average Bonchev–Trinajstić information content (AvgIpc) is 2.44. The number of guanidine groups is 1. The summed E-state index contributed by atoms with van der Waals surface area (Å²) < 4.78 is 5.23. The lowest BCUT2D eigenvalue weighted by Crippen LogP contribution is -2.54. The van der Waals surface area contributed by atoms with Crippen LogP contribution in [0.4, 0.5) is 0 Å². The number of ether oxygens (including phenoxy) is 1. The van der Waals surface area contributed by atoms with Crippen LogP contribution >= 0.6 is 0 Å². The zero-order valence-electron chi connectivity index (χ0n) is 14.9. The summed E-state index contributed by atoms with van der Waals surface area (Å²) in [5.41, 5.74) is 0.0958. The van der Waals surface area contributed by atoms with Crippen LogP contribution in [0.3, 0.4) is 0 Å². The molecule has 0 aliphatic carbocycles. The van der Waals surface area contributed by atoms with Gasteiger partial charge in [0.15, 0.2) is 5.96 Å². The third kappa shape index (κ3) is 6.53. The van der Waals surface area contributed by atoms with E-state index in [-0.39, 0.29) is 17.4 Å². The van der Waals surface area contributed by atoms with Gasteiger partial charge in [-0.05, 0) is 18.8 Å². The predicted octanol–water partition coefficient (Wildman–Crippen LogP) is 2.16. The van der Waals surface area contributed by atoms with Crippen molar-refractivity contribution >= 4 is 5.96 Å². The molecule has 1 aliphatic rings. The molecular weight excluding hydrogens is 278 g/mol. The van der Waals surface area contributed by atoms with Crippen LogP contribution in [0.2, 0.25) is 0 Å². The molecule has 1 saturated heterocycles. The van der Waals surface area contributed by atoms with Crippen LogP contribution < -0.4 is 10.6 Å². The van der Waals surface area contributed by atoms with Gasteiger partial charge in [-0.15, -0.1) is 0 Å². The third-order valence-electron chi connectivity index (χ3n) is 4.25. The third-order valence-corrected chi connectivity index (χ3v) is 4.25. The number of aliphatic imine (C=N–C) groups is 1. The van der Waals surface area contributed by atoms with Crippen LogP contribution in [0.5, 0.6) is 0 Å². The minimum absolute atomic E-state index is 0.132. The van der Waals surface area contributed by atoms with E-state index in [9.17, 15) is 5.11 Å². The van der Waals surface area contributed by atoms with Gasteiger partial charge < -0.3 is 20.5 Å². The second kappa shape index (κ2) is 9.36. The Morgan fingerprint density at radius 2 is 1.95 bits per heavy atom. The second-order valence-electron chi connectivity index (χ2n) is 7.32. The largest absolute Gasteiger partial charge is 0.396 e. The molecule has 0 unspecified atom stereocenters. The summed E-state index contributed by atoms with van der Waals surface area (Å²) >= 11 is 0. The molecule has 0 spiro atoms. The zero-order valence-corrected chi connectivity index (χ0v) is 14.9. The Labute approximate surface area is 135 Å². The summed E-state index contributed by atoms with van der Waals surface area (Å²) in [6, 6.07) is 0. The first-order valence-corrected chi connectivity index (χ1v) is 8.68. The van der Waals surface area contributed by atoms with E-state index < -0.39 is 0 Å². The molecule has 22 heavy (non-hydrogen) atoms. The molecule has 1 aliphatic heterocycles. The highest BCUT2D eigenvalue weighted by Crippen LogP contribution is 2.26. The van der Waals surface area contributed by atoms with Crippen molar-refractivity contribution in [3.63, 3.8) is 0 Å². The highest BCUT2D eigenvalue weighted by atomic mass is 16.5.